The van der Waals surface area contributed by atoms with E-state index in [0.29, 0.717) is 11.5 Å². The number of halogens is 2. The maximum atomic E-state index is 13.5. The van der Waals surface area contributed by atoms with Crippen LogP contribution in [0.3, 0.4) is 0 Å². The molecule has 1 unspecified atom stereocenters. The fourth-order valence-corrected chi connectivity index (χ4v) is 3.61. The number of carbonyl (C=O) groups excluding carboxylic acids is 1. The Morgan fingerprint density at radius 3 is 2.39 bits per heavy atom. The number of hydrogen-bond acceptors (Lipinski definition) is 4. The molecule has 166 valence electrons. The van der Waals surface area contributed by atoms with Gasteiger partial charge in [0.1, 0.15) is 11.9 Å². The Morgan fingerprint density at radius 1 is 1.00 bits per heavy atom. The first kappa shape index (κ1) is 22.2. The average molecular weight is 462 g/mol. The highest BCUT2D eigenvalue weighted by Gasteiger charge is 2.26. The van der Waals surface area contributed by atoms with Crippen molar-refractivity contribution in [1.29, 1.82) is 0 Å². The van der Waals surface area contributed by atoms with Gasteiger partial charge in [0.15, 0.2) is 0 Å². The maximum Gasteiger partial charge on any atom is 0.258 e. The molecule has 5 rings (SSSR count). The van der Waals surface area contributed by atoms with Crippen LogP contribution >= 0.6 is 12.4 Å². The Bertz CT molecular complexity index is 1300. The van der Waals surface area contributed by atoms with Gasteiger partial charge in [-0.25, -0.2) is 9.07 Å². The van der Waals surface area contributed by atoms with E-state index in [1.807, 2.05) is 43.3 Å². The number of benzene rings is 3. The van der Waals surface area contributed by atoms with Gasteiger partial charge in [-0.1, -0.05) is 60.2 Å². The SMILES string of the molecule is Cc1ccc(C2=CC(c3ccc(F)cc3)n3nc(NC(=O)c4ccccc4)nc3N2)cc1.Cl. The number of aromatic nitrogens is 3. The predicted octanol–water partition coefficient (Wildman–Crippen LogP) is 5.46. The number of nitrogens with zero attached hydrogens (tertiary/aromatic N) is 3. The molecule has 3 aromatic carbocycles. The quantitative estimate of drug-likeness (QED) is 0.423. The third-order valence-corrected chi connectivity index (χ3v) is 5.30. The molecule has 2 N–H and O–H groups in total. The van der Waals surface area contributed by atoms with E-state index in [1.165, 1.54) is 12.1 Å². The van der Waals surface area contributed by atoms with Gasteiger partial charge in [-0.15, -0.1) is 17.5 Å². The van der Waals surface area contributed by atoms with Crippen LogP contribution in [0, 0.1) is 12.7 Å². The summed E-state index contributed by atoms with van der Waals surface area (Å²) >= 11 is 0. The molecule has 0 fully saturated rings. The van der Waals surface area contributed by atoms with Gasteiger partial charge in [-0.3, -0.25) is 10.1 Å². The lowest BCUT2D eigenvalue weighted by Crippen LogP contribution is -2.20. The molecule has 4 aromatic rings. The summed E-state index contributed by atoms with van der Waals surface area (Å²) in [4.78, 5) is 17.1. The molecule has 0 saturated heterocycles. The Kier molecular flexibility index (Phi) is 6.24. The van der Waals surface area contributed by atoms with Gasteiger partial charge in [0.2, 0.25) is 5.95 Å². The molecule has 1 atom stereocenters. The van der Waals surface area contributed by atoms with E-state index in [0.717, 1.165) is 22.4 Å². The van der Waals surface area contributed by atoms with E-state index >= 15 is 0 Å². The second-order valence-electron chi connectivity index (χ2n) is 7.59. The molecule has 0 radical (unpaired) electrons. The van der Waals surface area contributed by atoms with Gasteiger partial charge >= 0.3 is 0 Å². The smallest absolute Gasteiger partial charge is 0.258 e. The number of rotatable bonds is 4. The highest BCUT2D eigenvalue weighted by molar-refractivity contribution is 6.03. The number of aryl methyl sites for hydroxylation is 1. The van der Waals surface area contributed by atoms with Gasteiger partial charge in [-0.2, -0.15) is 4.98 Å². The van der Waals surface area contributed by atoms with E-state index in [1.54, 1.807) is 41.1 Å². The van der Waals surface area contributed by atoms with Crippen molar-refractivity contribution in [1.82, 2.24) is 14.8 Å². The number of anilines is 2. The van der Waals surface area contributed by atoms with Crippen LogP contribution in [0.5, 0.6) is 0 Å². The highest BCUT2D eigenvalue weighted by atomic mass is 35.5. The van der Waals surface area contributed by atoms with Crippen molar-refractivity contribution < 1.29 is 9.18 Å². The van der Waals surface area contributed by atoms with Crippen molar-refractivity contribution in [2.45, 2.75) is 13.0 Å². The van der Waals surface area contributed by atoms with Crippen molar-refractivity contribution in [3.05, 3.63) is 113 Å². The molecule has 0 saturated carbocycles. The Morgan fingerprint density at radius 2 is 1.70 bits per heavy atom. The number of amides is 1. The summed E-state index contributed by atoms with van der Waals surface area (Å²) in [5.41, 5.74) is 4.38. The fraction of sp³-hybridized carbons (Fsp3) is 0.0800. The molecular formula is C25H21ClFN5O. The normalized spacial score (nSPS) is 14.4. The first-order valence-electron chi connectivity index (χ1n) is 10.2. The number of fused-ring (bicyclic) bond motifs is 1. The van der Waals surface area contributed by atoms with E-state index in [-0.39, 0.29) is 36.1 Å². The summed E-state index contributed by atoms with van der Waals surface area (Å²) in [7, 11) is 0. The van der Waals surface area contributed by atoms with Crippen LogP contribution in [-0.2, 0) is 0 Å². The lowest BCUT2D eigenvalue weighted by Gasteiger charge is -2.24. The minimum atomic E-state index is -0.321. The Labute approximate surface area is 196 Å². The van der Waals surface area contributed by atoms with E-state index < -0.39 is 0 Å². The molecule has 0 aliphatic carbocycles. The average Bonchev–Trinajstić information content (AvgIpc) is 3.22. The lowest BCUT2D eigenvalue weighted by atomic mass is 10.0. The van der Waals surface area contributed by atoms with Crippen molar-refractivity contribution in [2.75, 3.05) is 10.6 Å². The minimum absolute atomic E-state index is 0. The van der Waals surface area contributed by atoms with Crippen LogP contribution in [-0.4, -0.2) is 20.7 Å². The third-order valence-electron chi connectivity index (χ3n) is 5.30. The van der Waals surface area contributed by atoms with E-state index in [4.69, 9.17) is 0 Å². The minimum Gasteiger partial charge on any atom is -0.324 e. The first-order chi connectivity index (χ1) is 15.6. The van der Waals surface area contributed by atoms with Gasteiger partial charge < -0.3 is 5.32 Å². The van der Waals surface area contributed by atoms with Crippen LogP contribution in [0.1, 0.15) is 33.1 Å². The molecule has 0 spiro atoms. The molecular weight excluding hydrogens is 441 g/mol. The van der Waals surface area contributed by atoms with Crippen LogP contribution in [0.2, 0.25) is 0 Å². The molecule has 1 aliphatic heterocycles. The largest absolute Gasteiger partial charge is 0.324 e. The Balaban J connectivity index is 0.00000259. The van der Waals surface area contributed by atoms with Crippen LogP contribution in [0.4, 0.5) is 16.3 Å². The van der Waals surface area contributed by atoms with Crippen LogP contribution < -0.4 is 10.6 Å². The van der Waals surface area contributed by atoms with Crippen molar-refractivity contribution >= 4 is 35.9 Å². The fourth-order valence-electron chi connectivity index (χ4n) is 3.61. The van der Waals surface area contributed by atoms with Gasteiger partial charge in [0.25, 0.3) is 11.9 Å². The molecule has 6 nitrogen and oxygen atoms in total. The number of hydrogen-bond donors (Lipinski definition) is 2. The first-order valence-corrected chi connectivity index (χ1v) is 10.2. The molecule has 33 heavy (non-hydrogen) atoms. The second-order valence-corrected chi connectivity index (χ2v) is 7.59. The summed E-state index contributed by atoms with van der Waals surface area (Å²) in [6.45, 7) is 2.03. The zero-order chi connectivity index (χ0) is 22.1. The summed E-state index contributed by atoms with van der Waals surface area (Å²) in [5, 5.41) is 10.6. The van der Waals surface area contributed by atoms with Gasteiger partial charge in [-0.05, 0) is 48.4 Å². The van der Waals surface area contributed by atoms with Gasteiger partial charge in [0, 0.05) is 11.3 Å². The Hall–Kier alpha value is -3.97. The van der Waals surface area contributed by atoms with Crippen LogP contribution in [0.15, 0.2) is 84.9 Å². The lowest BCUT2D eigenvalue weighted by molar-refractivity contribution is 0.102. The topological polar surface area (TPSA) is 71.8 Å². The molecule has 0 bridgehead atoms. The van der Waals surface area contributed by atoms with Gasteiger partial charge in [0.05, 0.1) is 0 Å². The summed E-state index contributed by atoms with van der Waals surface area (Å²) < 4.78 is 15.2. The predicted molar refractivity (Wildman–Crippen MR) is 129 cm³/mol. The highest BCUT2D eigenvalue weighted by Crippen LogP contribution is 2.33. The maximum absolute atomic E-state index is 13.5. The van der Waals surface area contributed by atoms with Crippen molar-refractivity contribution in [2.24, 2.45) is 0 Å². The summed E-state index contributed by atoms with van der Waals surface area (Å²) in [5.74, 6) is 0.0754. The molecule has 1 aromatic heterocycles. The molecule has 8 heteroatoms. The number of nitrogens with one attached hydrogen (secondary N) is 2. The second kappa shape index (κ2) is 9.26. The van der Waals surface area contributed by atoms with Crippen LogP contribution in [0.25, 0.3) is 5.70 Å². The van der Waals surface area contributed by atoms with Crippen molar-refractivity contribution in [3.8, 4) is 0 Å². The molecule has 2 heterocycles. The number of allylic oxidation sites excluding steroid dienone is 1. The number of carbonyl (C=O) groups is 1. The molecule has 1 aliphatic rings. The monoisotopic (exact) mass is 461 g/mol. The summed E-state index contributed by atoms with van der Waals surface area (Å²) in [6, 6.07) is 23.0. The zero-order valence-corrected chi connectivity index (χ0v) is 18.5. The van der Waals surface area contributed by atoms with Crippen molar-refractivity contribution in [3.63, 3.8) is 0 Å². The molecule has 1 amide bonds. The standard InChI is InChI=1S/C25H20FN5O.ClH/c1-16-7-9-17(10-8-16)21-15-22(18-11-13-20(26)14-12-18)31-25(27-21)29-24(30-31)28-23(32)19-5-3-2-4-6-19;/h2-15,22H,1H3,(H2,27,28,29,30,32);1H. The van der Waals surface area contributed by atoms with E-state index in [9.17, 15) is 9.18 Å². The summed E-state index contributed by atoms with van der Waals surface area (Å²) in [6.07, 6.45) is 2.02. The van der Waals surface area contributed by atoms with E-state index in [2.05, 4.69) is 20.7 Å². The third kappa shape index (κ3) is 4.63. The zero-order valence-electron chi connectivity index (χ0n) is 17.7.